The van der Waals surface area contributed by atoms with Crippen molar-refractivity contribution in [3.63, 3.8) is 0 Å². The molecule has 0 spiro atoms. The van der Waals surface area contributed by atoms with Gasteiger partial charge in [-0.3, -0.25) is 14.4 Å². The molecule has 25 heavy (non-hydrogen) atoms. The van der Waals surface area contributed by atoms with Crippen LogP contribution < -0.4 is 9.62 Å². The van der Waals surface area contributed by atoms with Crippen molar-refractivity contribution < 1.29 is 13.2 Å². The number of benzene rings is 1. The number of nitrogens with zero attached hydrogens (tertiary/aromatic N) is 3. The van der Waals surface area contributed by atoms with Gasteiger partial charge < -0.3 is 0 Å². The first-order valence-electron chi connectivity index (χ1n) is 7.29. The zero-order valence-electron chi connectivity index (χ0n) is 13.6. The number of aromatic nitrogens is 2. The molecule has 2 aromatic rings. The van der Waals surface area contributed by atoms with Gasteiger partial charge in [-0.2, -0.15) is 0 Å². The first-order valence-corrected chi connectivity index (χ1v) is 11.3. The quantitative estimate of drug-likeness (QED) is 0.521. The Morgan fingerprint density at radius 3 is 2.80 bits per heavy atom. The average molecular weight is 421 g/mol. The summed E-state index contributed by atoms with van der Waals surface area (Å²) in [6.07, 6.45) is 2.04. The summed E-state index contributed by atoms with van der Waals surface area (Å²) < 4.78 is 25.8. The van der Waals surface area contributed by atoms with Gasteiger partial charge in [0.15, 0.2) is 4.34 Å². The van der Waals surface area contributed by atoms with Gasteiger partial charge >= 0.3 is 0 Å². The third kappa shape index (κ3) is 6.14. The number of hydrogen-bond donors (Lipinski definition) is 1. The number of thioether (sulfide) groups is 1. The Kier molecular flexibility index (Phi) is 7.05. The molecule has 136 valence electrons. The van der Waals surface area contributed by atoms with Gasteiger partial charge in [-0.15, -0.1) is 10.2 Å². The molecule has 0 aliphatic carbocycles. The molecule has 1 amide bonds. The molecule has 0 atom stereocenters. The molecule has 0 saturated heterocycles. The Morgan fingerprint density at radius 2 is 2.16 bits per heavy atom. The predicted octanol–water partition coefficient (Wildman–Crippen LogP) is 3.10. The molecule has 7 nitrogen and oxygen atoms in total. The minimum atomic E-state index is -3.65. The van der Waals surface area contributed by atoms with E-state index in [9.17, 15) is 13.2 Å². The maximum atomic E-state index is 12.2. The molecule has 0 saturated carbocycles. The van der Waals surface area contributed by atoms with Crippen LogP contribution in [0.4, 0.5) is 10.8 Å². The highest BCUT2D eigenvalue weighted by molar-refractivity contribution is 8.01. The number of carbonyl (C=O) groups is 1. The lowest BCUT2D eigenvalue weighted by molar-refractivity contribution is -0.114. The van der Waals surface area contributed by atoms with Crippen LogP contribution in [0.2, 0.25) is 5.02 Å². The van der Waals surface area contributed by atoms with E-state index < -0.39 is 15.9 Å². The minimum absolute atomic E-state index is 0.321. The fourth-order valence-electron chi connectivity index (χ4n) is 1.83. The van der Waals surface area contributed by atoms with Crippen molar-refractivity contribution >= 4 is 61.4 Å². The van der Waals surface area contributed by atoms with Gasteiger partial charge in [0.1, 0.15) is 6.54 Å². The third-order valence-corrected chi connectivity index (χ3v) is 6.42. The highest BCUT2D eigenvalue weighted by Crippen LogP contribution is 2.26. The van der Waals surface area contributed by atoms with Crippen molar-refractivity contribution in [2.24, 2.45) is 0 Å². The molecule has 0 unspecified atom stereocenters. The molecule has 1 heterocycles. The number of carbonyl (C=O) groups excluding carboxylic acids is 1. The van der Waals surface area contributed by atoms with Crippen LogP contribution in [0.25, 0.3) is 0 Å². The number of hydrogen-bond acceptors (Lipinski definition) is 7. The number of nitrogens with one attached hydrogen (secondary N) is 1. The van der Waals surface area contributed by atoms with Crippen LogP contribution in [0.1, 0.15) is 13.3 Å². The van der Waals surface area contributed by atoms with Crippen LogP contribution in [-0.4, -0.2) is 43.1 Å². The second-order valence-corrected chi connectivity index (χ2v) is 9.68. The summed E-state index contributed by atoms with van der Waals surface area (Å²) in [5.41, 5.74) is 0.321. The number of amides is 1. The minimum Gasteiger partial charge on any atom is -0.299 e. The summed E-state index contributed by atoms with van der Waals surface area (Å²) in [5.74, 6) is 0.410. The first-order chi connectivity index (χ1) is 11.8. The fraction of sp³-hybridized carbons (Fsp3) is 0.357. The van der Waals surface area contributed by atoms with Crippen LogP contribution in [0.3, 0.4) is 0 Å². The topological polar surface area (TPSA) is 92.3 Å². The van der Waals surface area contributed by atoms with E-state index in [0.717, 1.165) is 27.1 Å². The SMILES string of the molecule is CCCSc1nnc(NC(=O)CN(c2cccc(Cl)c2)S(C)(=O)=O)s1. The van der Waals surface area contributed by atoms with Gasteiger partial charge in [0, 0.05) is 10.8 Å². The lowest BCUT2D eigenvalue weighted by atomic mass is 10.3. The highest BCUT2D eigenvalue weighted by Gasteiger charge is 2.21. The highest BCUT2D eigenvalue weighted by atomic mass is 35.5. The summed E-state index contributed by atoms with van der Waals surface area (Å²) >= 11 is 8.72. The molecular weight excluding hydrogens is 404 g/mol. The maximum Gasteiger partial charge on any atom is 0.246 e. The Hall–Kier alpha value is -1.36. The van der Waals surface area contributed by atoms with Crippen LogP contribution in [0.15, 0.2) is 28.6 Å². The fourth-order valence-corrected chi connectivity index (χ4v) is 4.55. The van der Waals surface area contributed by atoms with E-state index in [-0.39, 0.29) is 6.54 Å². The molecule has 11 heteroatoms. The molecular formula is C14H17ClN4O3S3. The van der Waals surface area contributed by atoms with Gasteiger partial charge in [0.2, 0.25) is 21.1 Å². The number of halogens is 1. The summed E-state index contributed by atoms with van der Waals surface area (Å²) in [6, 6.07) is 6.31. The Morgan fingerprint density at radius 1 is 1.40 bits per heavy atom. The lowest BCUT2D eigenvalue weighted by Crippen LogP contribution is -2.37. The Bertz CT molecular complexity index is 841. The first kappa shape index (κ1) is 20.0. The zero-order chi connectivity index (χ0) is 18.4. The van der Waals surface area contributed by atoms with E-state index in [2.05, 4.69) is 22.4 Å². The molecule has 0 bridgehead atoms. The Labute approximate surface area is 159 Å². The van der Waals surface area contributed by atoms with Crippen LogP contribution >= 0.6 is 34.7 Å². The van der Waals surface area contributed by atoms with E-state index in [1.165, 1.54) is 17.4 Å². The van der Waals surface area contributed by atoms with Crippen LogP contribution in [0.5, 0.6) is 0 Å². The van der Waals surface area contributed by atoms with Crippen molar-refractivity contribution in [3.05, 3.63) is 29.3 Å². The number of rotatable bonds is 8. The molecule has 1 aromatic carbocycles. The van der Waals surface area contributed by atoms with Gasteiger partial charge in [-0.25, -0.2) is 8.42 Å². The van der Waals surface area contributed by atoms with E-state index in [0.29, 0.717) is 15.8 Å². The van der Waals surface area contributed by atoms with E-state index in [4.69, 9.17) is 11.6 Å². The van der Waals surface area contributed by atoms with Crippen molar-refractivity contribution in [1.29, 1.82) is 0 Å². The van der Waals surface area contributed by atoms with Gasteiger partial charge in [0.25, 0.3) is 0 Å². The predicted molar refractivity (Wildman–Crippen MR) is 103 cm³/mol. The van der Waals surface area contributed by atoms with E-state index in [1.807, 2.05) is 0 Å². The average Bonchev–Trinajstić information content (AvgIpc) is 2.97. The monoisotopic (exact) mass is 420 g/mol. The maximum absolute atomic E-state index is 12.2. The van der Waals surface area contributed by atoms with Crippen LogP contribution in [-0.2, 0) is 14.8 Å². The van der Waals surface area contributed by atoms with Crippen molar-refractivity contribution in [3.8, 4) is 0 Å². The van der Waals surface area contributed by atoms with Crippen molar-refractivity contribution in [1.82, 2.24) is 10.2 Å². The second-order valence-electron chi connectivity index (χ2n) is 5.02. The molecule has 0 fully saturated rings. The molecule has 1 N–H and O–H groups in total. The van der Waals surface area contributed by atoms with Crippen molar-refractivity contribution in [2.45, 2.75) is 17.7 Å². The van der Waals surface area contributed by atoms with Crippen LogP contribution in [0, 0.1) is 0 Å². The third-order valence-electron chi connectivity index (χ3n) is 2.87. The Balaban J connectivity index is 2.08. The summed E-state index contributed by atoms with van der Waals surface area (Å²) in [5, 5.41) is 11.2. The summed E-state index contributed by atoms with van der Waals surface area (Å²) in [6.45, 7) is 1.68. The normalized spacial score (nSPS) is 11.3. The molecule has 0 radical (unpaired) electrons. The molecule has 0 aliphatic rings. The lowest BCUT2D eigenvalue weighted by Gasteiger charge is -2.21. The van der Waals surface area contributed by atoms with E-state index >= 15 is 0 Å². The number of sulfonamides is 1. The smallest absolute Gasteiger partial charge is 0.246 e. The standard InChI is InChI=1S/C14H17ClN4O3S3/c1-3-7-23-14-18-17-13(24-14)16-12(20)9-19(25(2,21)22)11-6-4-5-10(15)8-11/h4-6,8H,3,7,9H2,1-2H3,(H,16,17,20). The molecule has 1 aromatic heterocycles. The largest absolute Gasteiger partial charge is 0.299 e. The van der Waals surface area contributed by atoms with E-state index in [1.54, 1.807) is 30.0 Å². The zero-order valence-corrected chi connectivity index (χ0v) is 16.8. The van der Waals surface area contributed by atoms with Gasteiger partial charge in [0.05, 0.1) is 11.9 Å². The van der Waals surface area contributed by atoms with Gasteiger partial charge in [-0.05, 0) is 24.6 Å². The summed E-state index contributed by atoms with van der Waals surface area (Å²) in [7, 11) is -3.65. The second kappa shape index (κ2) is 8.84. The number of anilines is 2. The molecule has 0 aliphatic heterocycles. The summed E-state index contributed by atoms with van der Waals surface area (Å²) in [4.78, 5) is 12.2. The van der Waals surface area contributed by atoms with Gasteiger partial charge in [-0.1, -0.05) is 47.7 Å². The van der Waals surface area contributed by atoms with Crippen molar-refractivity contribution in [2.75, 3.05) is 28.2 Å². The molecule has 2 rings (SSSR count).